The van der Waals surface area contributed by atoms with E-state index in [0.717, 1.165) is 64.5 Å². The van der Waals surface area contributed by atoms with Gasteiger partial charge in [0, 0.05) is 11.6 Å². The zero-order valence-corrected chi connectivity index (χ0v) is 19.3. The zero-order chi connectivity index (χ0) is 21.8. The van der Waals surface area contributed by atoms with Crippen LogP contribution in [0.2, 0.25) is 0 Å². The van der Waals surface area contributed by atoms with Crippen LogP contribution in [-0.2, 0) is 0 Å². The van der Waals surface area contributed by atoms with E-state index in [2.05, 4.69) is 70.5 Å². The van der Waals surface area contributed by atoms with Gasteiger partial charge in [0.15, 0.2) is 0 Å². The summed E-state index contributed by atoms with van der Waals surface area (Å²) >= 11 is 1.65. The molecule has 6 nitrogen and oxygen atoms in total. The van der Waals surface area contributed by atoms with Gasteiger partial charge in [0.25, 0.3) is 0 Å². The van der Waals surface area contributed by atoms with Gasteiger partial charge in [0.05, 0.1) is 28.0 Å². The van der Waals surface area contributed by atoms with Crippen LogP contribution in [0.3, 0.4) is 0 Å². The number of thiophene rings is 1. The van der Waals surface area contributed by atoms with E-state index >= 15 is 0 Å². The van der Waals surface area contributed by atoms with E-state index in [4.69, 9.17) is 10.7 Å². The van der Waals surface area contributed by atoms with Crippen LogP contribution in [0, 0.1) is 0 Å². The van der Waals surface area contributed by atoms with Crippen molar-refractivity contribution in [1.82, 2.24) is 24.4 Å². The first-order valence-electron chi connectivity index (χ1n) is 11.0. The van der Waals surface area contributed by atoms with Crippen molar-refractivity contribution >= 4 is 27.4 Å². The Balaban J connectivity index is 1.72. The highest BCUT2D eigenvalue weighted by Crippen LogP contribution is 2.40. The molecular formula is C24H30N6S. The van der Waals surface area contributed by atoms with Crippen molar-refractivity contribution < 1.29 is 0 Å². The second-order valence-corrected chi connectivity index (χ2v) is 8.85. The molecule has 2 N–H and O–H groups in total. The maximum Gasteiger partial charge on any atom is 0.135 e. The number of nitrogens with two attached hydrogens (primary N) is 1. The van der Waals surface area contributed by atoms with Gasteiger partial charge in [0.2, 0.25) is 0 Å². The quantitative estimate of drug-likeness (QED) is 0.377. The second kappa shape index (κ2) is 9.58. The molecular weight excluding hydrogens is 404 g/mol. The summed E-state index contributed by atoms with van der Waals surface area (Å²) in [7, 11) is 0. The van der Waals surface area contributed by atoms with E-state index in [0.29, 0.717) is 11.9 Å². The highest BCUT2D eigenvalue weighted by Gasteiger charge is 2.21. The van der Waals surface area contributed by atoms with Crippen LogP contribution < -0.4 is 5.73 Å². The van der Waals surface area contributed by atoms with Crippen LogP contribution in [0.1, 0.15) is 39.7 Å². The summed E-state index contributed by atoms with van der Waals surface area (Å²) in [5.41, 5.74) is 9.36. The standard InChI is InChI=1S/C24H30N6S/c1-4-29(5-2)13-9-10-17(3)30-16-28-21(18-11-7-6-8-12-18)22(30)20-14-19-23(25)26-15-27-24(19)31-20/h6-8,11-12,14-17H,4-5,9-10,13H2,1-3H3,(H2,25,26,27). The minimum absolute atomic E-state index is 0.337. The van der Waals surface area contributed by atoms with Crippen molar-refractivity contribution in [2.75, 3.05) is 25.4 Å². The first-order chi connectivity index (χ1) is 15.1. The summed E-state index contributed by atoms with van der Waals surface area (Å²) in [6, 6.07) is 12.8. The van der Waals surface area contributed by atoms with E-state index in [1.54, 1.807) is 11.3 Å². The number of benzene rings is 1. The molecule has 4 rings (SSSR count). The average molecular weight is 435 g/mol. The number of hydrogen-bond donors (Lipinski definition) is 1. The largest absolute Gasteiger partial charge is 0.383 e. The highest BCUT2D eigenvalue weighted by atomic mass is 32.1. The van der Waals surface area contributed by atoms with Crippen LogP contribution >= 0.6 is 11.3 Å². The fourth-order valence-corrected chi connectivity index (χ4v) is 5.08. The maximum absolute atomic E-state index is 6.12. The summed E-state index contributed by atoms with van der Waals surface area (Å²) in [5, 5.41) is 0.906. The molecule has 0 radical (unpaired) electrons. The van der Waals surface area contributed by atoms with E-state index in [9.17, 15) is 0 Å². The van der Waals surface area contributed by atoms with E-state index in [1.807, 2.05) is 12.4 Å². The molecule has 0 bridgehead atoms. The molecule has 0 aliphatic rings. The van der Waals surface area contributed by atoms with Crippen molar-refractivity contribution in [3.05, 3.63) is 49.1 Å². The first kappa shape index (κ1) is 21.5. The molecule has 162 valence electrons. The second-order valence-electron chi connectivity index (χ2n) is 7.82. The van der Waals surface area contributed by atoms with Crippen molar-refractivity contribution in [3.8, 4) is 21.8 Å². The van der Waals surface area contributed by atoms with Gasteiger partial charge in [-0.15, -0.1) is 11.3 Å². The number of aromatic nitrogens is 4. The monoisotopic (exact) mass is 434 g/mol. The van der Waals surface area contributed by atoms with E-state index in [-0.39, 0.29) is 0 Å². The van der Waals surface area contributed by atoms with Crippen molar-refractivity contribution in [3.63, 3.8) is 0 Å². The minimum atomic E-state index is 0.337. The number of imidazole rings is 1. The molecule has 1 aromatic carbocycles. The molecule has 3 heterocycles. The molecule has 0 aliphatic carbocycles. The van der Waals surface area contributed by atoms with Crippen LogP contribution in [0.5, 0.6) is 0 Å². The predicted molar refractivity (Wildman–Crippen MR) is 130 cm³/mol. The molecule has 0 amide bonds. The lowest BCUT2D eigenvalue weighted by Gasteiger charge is -2.21. The number of hydrogen-bond acceptors (Lipinski definition) is 6. The third-order valence-electron chi connectivity index (χ3n) is 5.90. The molecule has 0 fully saturated rings. The third kappa shape index (κ3) is 4.48. The summed E-state index contributed by atoms with van der Waals surface area (Å²) in [4.78, 5) is 17.9. The lowest BCUT2D eigenvalue weighted by atomic mass is 10.1. The summed E-state index contributed by atoms with van der Waals surface area (Å²) in [5.74, 6) is 0.520. The molecule has 3 aromatic heterocycles. The number of anilines is 1. The van der Waals surface area contributed by atoms with Gasteiger partial charge < -0.3 is 15.2 Å². The fraction of sp³-hybridized carbons (Fsp3) is 0.375. The predicted octanol–water partition coefficient (Wildman–Crippen LogP) is 5.49. The normalized spacial score (nSPS) is 12.6. The molecule has 0 saturated heterocycles. The van der Waals surface area contributed by atoms with Gasteiger partial charge in [-0.25, -0.2) is 15.0 Å². The first-order valence-corrected chi connectivity index (χ1v) is 11.8. The molecule has 0 spiro atoms. The Labute approximate surface area is 187 Å². The summed E-state index contributed by atoms with van der Waals surface area (Å²) in [6.07, 6.45) is 5.77. The zero-order valence-electron chi connectivity index (χ0n) is 18.5. The third-order valence-corrected chi connectivity index (χ3v) is 6.95. The van der Waals surface area contributed by atoms with Crippen LogP contribution in [0.15, 0.2) is 49.1 Å². The van der Waals surface area contributed by atoms with Crippen LogP contribution in [-0.4, -0.2) is 44.1 Å². The van der Waals surface area contributed by atoms with Gasteiger partial charge in [-0.05, 0) is 45.5 Å². The van der Waals surface area contributed by atoms with Crippen molar-refractivity contribution in [1.29, 1.82) is 0 Å². The Kier molecular flexibility index (Phi) is 6.63. The maximum atomic E-state index is 6.12. The highest BCUT2D eigenvalue weighted by molar-refractivity contribution is 7.21. The van der Waals surface area contributed by atoms with Crippen molar-refractivity contribution in [2.24, 2.45) is 0 Å². The molecule has 0 saturated carbocycles. The number of nitrogen functional groups attached to an aromatic ring is 1. The Morgan fingerprint density at radius 2 is 1.87 bits per heavy atom. The van der Waals surface area contributed by atoms with Gasteiger partial charge in [-0.2, -0.15) is 0 Å². The van der Waals surface area contributed by atoms with Crippen molar-refractivity contribution in [2.45, 2.75) is 39.7 Å². The lowest BCUT2D eigenvalue weighted by Crippen LogP contribution is -2.24. The molecule has 0 aliphatic heterocycles. The van der Waals surface area contributed by atoms with Gasteiger partial charge >= 0.3 is 0 Å². The van der Waals surface area contributed by atoms with Crippen LogP contribution in [0.4, 0.5) is 5.82 Å². The summed E-state index contributed by atoms with van der Waals surface area (Å²) < 4.78 is 2.32. The molecule has 4 aromatic rings. The number of fused-ring (bicyclic) bond motifs is 1. The van der Waals surface area contributed by atoms with Gasteiger partial charge in [0.1, 0.15) is 17.0 Å². The number of nitrogens with zero attached hydrogens (tertiary/aromatic N) is 5. The fourth-order valence-electron chi connectivity index (χ4n) is 4.03. The summed E-state index contributed by atoms with van der Waals surface area (Å²) in [6.45, 7) is 10.1. The Morgan fingerprint density at radius 1 is 1.10 bits per heavy atom. The molecule has 1 atom stereocenters. The Morgan fingerprint density at radius 3 is 2.58 bits per heavy atom. The topological polar surface area (TPSA) is 72.9 Å². The van der Waals surface area contributed by atoms with Gasteiger partial charge in [-0.1, -0.05) is 44.2 Å². The Bertz CT molecular complexity index is 1130. The van der Waals surface area contributed by atoms with E-state index in [1.165, 1.54) is 6.33 Å². The minimum Gasteiger partial charge on any atom is -0.383 e. The van der Waals surface area contributed by atoms with Gasteiger partial charge in [-0.3, -0.25) is 0 Å². The lowest BCUT2D eigenvalue weighted by molar-refractivity contribution is 0.288. The molecule has 31 heavy (non-hydrogen) atoms. The molecule has 7 heteroatoms. The average Bonchev–Trinajstić information content (AvgIpc) is 3.42. The van der Waals surface area contributed by atoms with Crippen LogP contribution in [0.25, 0.3) is 32.0 Å². The molecule has 1 unspecified atom stereocenters. The SMILES string of the molecule is CCN(CC)CCCC(C)n1cnc(-c2ccccc2)c1-c1cc2c(N)ncnc2s1. The smallest absolute Gasteiger partial charge is 0.135 e. The Hall–Kier alpha value is -2.77. The van der Waals surface area contributed by atoms with E-state index < -0.39 is 0 Å². The number of rotatable bonds is 9.